The van der Waals surface area contributed by atoms with E-state index < -0.39 is 11.6 Å². The highest BCUT2D eigenvalue weighted by Crippen LogP contribution is 2.10. The minimum atomic E-state index is -0.590. The average Bonchev–Trinajstić information content (AvgIpc) is 2.01. The summed E-state index contributed by atoms with van der Waals surface area (Å²) < 4.78 is 25.5. The third-order valence-electron chi connectivity index (χ3n) is 1.80. The summed E-state index contributed by atoms with van der Waals surface area (Å²) in [6, 6.07) is 3.11. The zero-order chi connectivity index (χ0) is 10.6. The molecule has 0 saturated carbocycles. The van der Waals surface area contributed by atoms with E-state index in [9.17, 15) is 8.78 Å². The summed E-state index contributed by atoms with van der Waals surface area (Å²) in [5.74, 6) is 1.22. The molecule has 0 bridgehead atoms. The molecule has 0 spiro atoms. The minimum Gasteiger partial charge on any atom is -0.327 e. The fourth-order valence-corrected chi connectivity index (χ4v) is 1.26. The third kappa shape index (κ3) is 3.15. The van der Waals surface area contributed by atoms with Gasteiger partial charge in [-0.2, -0.15) is 0 Å². The quantitative estimate of drug-likeness (QED) is 0.732. The fraction of sp³-hybridized carbons (Fsp3) is 0.273. The monoisotopic (exact) mass is 195 g/mol. The normalized spacial score (nSPS) is 12.1. The van der Waals surface area contributed by atoms with Crippen molar-refractivity contribution in [2.75, 3.05) is 0 Å². The van der Waals surface area contributed by atoms with Gasteiger partial charge in [0.05, 0.1) is 0 Å². The van der Waals surface area contributed by atoms with Crippen LogP contribution in [0.15, 0.2) is 18.2 Å². The smallest absolute Gasteiger partial charge is 0.126 e. The van der Waals surface area contributed by atoms with Crippen LogP contribution in [0.2, 0.25) is 0 Å². The minimum absolute atomic E-state index is 0.249. The lowest BCUT2D eigenvalue weighted by Crippen LogP contribution is -2.22. The van der Waals surface area contributed by atoms with Crippen molar-refractivity contribution in [1.82, 2.24) is 0 Å². The second kappa shape index (κ2) is 4.73. The molecule has 0 aliphatic carbocycles. The van der Waals surface area contributed by atoms with Crippen molar-refractivity contribution < 1.29 is 8.78 Å². The first-order valence-electron chi connectivity index (χ1n) is 4.26. The van der Waals surface area contributed by atoms with Gasteiger partial charge in [0.2, 0.25) is 0 Å². The van der Waals surface area contributed by atoms with E-state index in [2.05, 4.69) is 5.92 Å². The lowest BCUT2D eigenvalue weighted by molar-refractivity contribution is 0.575. The first kappa shape index (κ1) is 10.7. The lowest BCUT2D eigenvalue weighted by Gasteiger charge is -2.07. The number of hydrogen-bond acceptors (Lipinski definition) is 1. The Morgan fingerprint density at radius 1 is 1.29 bits per heavy atom. The molecule has 14 heavy (non-hydrogen) atoms. The maximum atomic E-state index is 12.7. The molecule has 0 radical (unpaired) electrons. The van der Waals surface area contributed by atoms with Gasteiger partial charge in [-0.05, 0) is 24.1 Å². The van der Waals surface area contributed by atoms with E-state index in [0.29, 0.717) is 18.4 Å². The lowest BCUT2D eigenvalue weighted by atomic mass is 10.0. The van der Waals surface area contributed by atoms with Gasteiger partial charge in [-0.1, -0.05) is 0 Å². The summed E-state index contributed by atoms with van der Waals surface area (Å²) in [7, 11) is 0. The Balaban J connectivity index is 2.72. The molecule has 1 aromatic rings. The van der Waals surface area contributed by atoms with Crippen molar-refractivity contribution in [3.63, 3.8) is 0 Å². The van der Waals surface area contributed by atoms with Gasteiger partial charge < -0.3 is 5.73 Å². The summed E-state index contributed by atoms with van der Waals surface area (Å²) >= 11 is 0. The summed E-state index contributed by atoms with van der Waals surface area (Å²) in [5.41, 5.74) is 6.16. The van der Waals surface area contributed by atoms with Crippen molar-refractivity contribution >= 4 is 0 Å². The van der Waals surface area contributed by atoms with Crippen LogP contribution in [-0.2, 0) is 6.42 Å². The molecule has 0 heterocycles. The first-order chi connectivity index (χ1) is 6.61. The van der Waals surface area contributed by atoms with Crippen LogP contribution in [0.1, 0.15) is 12.0 Å². The molecule has 2 N–H and O–H groups in total. The van der Waals surface area contributed by atoms with Gasteiger partial charge in [0, 0.05) is 18.5 Å². The molecule has 1 nitrogen and oxygen atoms in total. The van der Waals surface area contributed by atoms with Gasteiger partial charge in [0.15, 0.2) is 0 Å². The van der Waals surface area contributed by atoms with Crippen LogP contribution >= 0.6 is 0 Å². The Morgan fingerprint density at radius 2 is 1.86 bits per heavy atom. The van der Waals surface area contributed by atoms with E-state index in [1.54, 1.807) is 0 Å². The molecule has 74 valence electrons. The maximum Gasteiger partial charge on any atom is 0.126 e. The molecule has 0 aliphatic rings. The van der Waals surface area contributed by atoms with Gasteiger partial charge in [0.1, 0.15) is 11.6 Å². The van der Waals surface area contributed by atoms with Crippen molar-refractivity contribution in [3.8, 4) is 12.3 Å². The fourth-order valence-electron chi connectivity index (χ4n) is 1.26. The van der Waals surface area contributed by atoms with Crippen molar-refractivity contribution in [2.45, 2.75) is 18.9 Å². The molecule has 1 rings (SSSR count). The Hall–Kier alpha value is -1.40. The first-order valence-corrected chi connectivity index (χ1v) is 4.26. The maximum absolute atomic E-state index is 12.7. The molecule has 1 aromatic carbocycles. The number of rotatable bonds is 3. The Morgan fingerprint density at radius 3 is 2.36 bits per heavy atom. The molecule has 1 atom stereocenters. The highest BCUT2D eigenvalue weighted by atomic mass is 19.1. The SMILES string of the molecule is C#CCC(N)Cc1cc(F)cc(F)c1. The topological polar surface area (TPSA) is 26.0 Å². The summed E-state index contributed by atoms with van der Waals surface area (Å²) in [5, 5.41) is 0. The molecule has 0 aliphatic heterocycles. The highest BCUT2D eigenvalue weighted by Gasteiger charge is 2.05. The predicted octanol–water partition coefficient (Wildman–Crippen LogP) is 1.86. The summed E-state index contributed by atoms with van der Waals surface area (Å²) in [4.78, 5) is 0. The van der Waals surface area contributed by atoms with Gasteiger partial charge in [-0.25, -0.2) is 8.78 Å². The van der Waals surface area contributed by atoms with E-state index >= 15 is 0 Å². The molecular formula is C11H11F2N. The Bertz CT molecular complexity index is 335. The molecule has 0 aromatic heterocycles. The second-order valence-corrected chi connectivity index (χ2v) is 3.15. The number of terminal acetylenes is 1. The van der Waals surface area contributed by atoms with Crippen LogP contribution in [0.3, 0.4) is 0 Å². The van der Waals surface area contributed by atoms with Crippen LogP contribution in [0, 0.1) is 24.0 Å². The van der Waals surface area contributed by atoms with E-state index in [4.69, 9.17) is 12.2 Å². The van der Waals surface area contributed by atoms with E-state index in [-0.39, 0.29) is 6.04 Å². The highest BCUT2D eigenvalue weighted by molar-refractivity contribution is 5.19. The molecule has 0 fully saturated rings. The molecular weight excluding hydrogens is 184 g/mol. The van der Waals surface area contributed by atoms with Gasteiger partial charge in [0.25, 0.3) is 0 Å². The standard InChI is InChI=1S/C11H11F2N/c1-2-3-11(14)6-8-4-9(12)7-10(13)5-8/h1,4-5,7,11H,3,6,14H2. The van der Waals surface area contributed by atoms with Crippen LogP contribution in [0.25, 0.3) is 0 Å². The van der Waals surface area contributed by atoms with Crippen LogP contribution in [0.4, 0.5) is 8.78 Å². The van der Waals surface area contributed by atoms with Crippen LogP contribution in [-0.4, -0.2) is 6.04 Å². The van der Waals surface area contributed by atoms with Crippen LogP contribution < -0.4 is 5.73 Å². The number of hydrogen-bond donors (Lipinski definition) is 1. The predicted molar refractivity (Wildman–Crippen MR) is 51.5 cm³/mol. The summed E-state index contributed by atoms with van der Waals surface area (Å²) in [6.07, 6.45) is 5.85. The van der Waals surface area contributed by atoms with Gasteiger partial charge in [-0.15, -0.1) is 12.3 Å². The van der Waals surface area contributed by atoms with Crippen molar-refractivity contribution in [2.24, 2.45) is 5.73 Å². The average molecular weight is 195 g/mol. The second-order valence-electron chi connectivity index (χ2n) is 3.15. The van der Waals surface area contributed by atoms with Crippen LogP contribution in [0.5, 0.6) is 0 Å². The molecule has 3 heteroatoms. The Labute approximate surface area is 81.9 Å². The largest absolute Gasteiger partial charge is 0.327 e. The van der Waals surface area contributed by atoms with E-state index in [1.165, 1.54) is 12.1 Å². The van der Waals surface area contributed by atoms with E-state index in [1.807, 2.05) is 0 Å². The number of nitrogens with two attached hydrogens (primary N) is 1. The van der Waals surface area contributed by atoms with Gasteiger partial charge in [-0.3, -0.25) is 0 Å². The molecule has 0 amide bonds. The van der Waals surface area contributed by atoms with Crippen molar-refractivity contribution in [1.29, 1.82) is 0 Å². The molecule has 1 unspecified atom stereocenters. The zero-order valence-corrected chi connectivity index (χ0v) is 7.63. The van der Waals surface area contributed by atoms with Crippen molar-refractivity contribution in [3.05, 3.63) is 35.4 Å². The third-order valence-corrected chi connectivity index (χ3v) is 1.80. The number of halogens is 2. The molecule has 0 saturated heterocycles. The Kier molecular flexibility index (Phi) is 3.61. The zero-order valence-electron chi connectivity index (χ0n) is 7.63. The summed E-state index contributed by atoms with van der Waals surface area (Å²) in [6.45, 7) is 0. The number of benzene rings is 1. The van der Waals surface area contributed by atoms with E-state index in [0.717, 1.165) is 6.07 Å². The van der Waals surface area contributed by atoms with Gasteiger partial charge >= 0.3 is 0 Å².